The first-order chi connectivity index (χ1) is 6.79. The minimum atomic E-state index is 0.672. The Morgan fingerprint density at radius 1 is 1.14 bits per heavy atom. The molecule has 0 radical (unpaired) electrons. The van der Waals surface area contributed by atoms with E-state index >= 15 is 0 Å². The second kappa shape index (κ2) is 9.47. The Bertz CT molecular complexity index is 113. The highest BCUT2D eigenvalue weighted by Crippen LogP contribution is 2.16. The van der Waals surface area contributed by atoms with Crippen molar-refractivity contribution in [1.82, 2.24) is 5.32 Å². The number of hydrogen-bond acceptors (Lipinski definition) is 2. The van der Waals surface area contributed by atoms with Crippen molar-refractivity contribution in [1.29, 1.82) is 0 Å². The van der Waals surface area contributed by atoms with Crippen LogP contribution in [0.15, 0.2) is 0 Å². The van der Waals surface area contributed by atoms with Gasteiger partial charge in [0.1, 0.15) is 0 Å². The van der Waals surface area contributed by atoms with E-state index in [1.807, 2.05) is 0 Å². The summed E-state index contributed by atoms with van der Waals surface area (Å²) in [7, 11) is 2.07. The van der Waals surface area contributed by atoms with E-state index in [9.17, 15) is 0 Å². The summed E-state index contributed by atoms with van der Waals surface area (Å²) in [5, 5.41) is 3.43. The van der Waals surface area contributed by atoms with E-state index in [2.05, 4.69) is 33.1 Å². The topological polar surface area (TPSA) is 21.3 Å². The van der Waals surface area contributed by atoms with Gasteiger partial charge < -0.3 is 10.1 Å². The van der Waals surface area contributed by atoms with Crippen molar-refractivity contribution in [2.45, 2.75) is 52.5 Å². The van der Waals surface area contributed by atoms with Crippen LogP contribution in [0.3, 0.4) is 0 Å². The van der Waals surface area contributed by atoms with Crippen molar-refractivity contribution in [3.8, 4) is 0 Å². The lowest BCUT2D eigenvalue weighted by atomic mass is 9.91. The van der Waals surface area contributed by atoms with Crippen LogP contribution in [0.4, 0.5) is 0 Å². The molecule has 2 nitrogen and oxygen atoms in total. The van der Waals surface area contributed by atoms with Gasteiger partial charge in [-0.2, -0.15) is 0 Å². The molecule has 0 aromatic heterocycles. The number of ether oxygens (including phenoxy) is 1. The van der Waals surface area contributed by atoms with Gasteiger partial charge in [0.05, 0.1) is 0 Å². The smallest absolute Gasteiger partial charge is 0.0466 e. The average molecular weight is 201 g/mol. The largest absolute Gasteiger partial charge is 0.382 e. The predicted octanol–water partition coefficient (Wildman–Crippen LogP) is 2.83. The normalized spacial score (nSPS) is 13.5. The fourth-order valence-corrected chi connectivity index (χ4v) is 2.02. The van der Waals surface area contributed by atoms with Gasteiger partial charge in [-0.15, -0.1) is 0 Å². The summed E-state index contributed by atoms with van der Waals surface area (Å²) >= 11 is 0. The minimum Gasteiger partial charge on any atom is -0.382 e. The third-order valence-corrected chi connectivity index (χ3v) is 3.00. The molecule has 0 bridgehead atoms. The highest BCUT2D eigenvalue weighted by Gasteiger charge is 2.15. The van der Waals surface area contributed by atoms with Crippen LogP contribution >= 0.6 is 0 Å². The Labute approximate surface area is 89.4 Å². The first-order valence-corrected chi connectivity index (χ1v) is 6.05. The molecule has 0 aromatic carbocycles. The van der Waals surface area contributed by atoms with Crippen LogP contribution in [0.5, 0.6) is 0 Å². The number of rotatable bonds is 9. The van der Waals surface area contributed by atoms with Crippen LogP contribution in [0.1, 0.15) is 46.5 Å². The molecule has 0 amide bonds. The van der Waals surface area contributed by atoms with Crippen LogP contribution in [0.2, 0.25) is 0 Å². The summed E-state index contributed by atoms with van der Waals surface area (Å²) in [5.41, 5.74) is 0. The van der Waals surface area contributed by atoms with Crippen LogP contribution < -0.4 is 5.32 Å². The van der Waals surface area contributed by atoms with E-state index in [4.69, 9.17) is 4.74 Å². The highest BCUT2D eigenvalue weighted by atomic mass is 16.5. The zero-order valence-electron chi connectivity index (χ0n) is 10.3. The molecule has 0 fully saturated rings. The van der Waals surface area contributed by atoms with Crippen molar-refractivity contribution in [3.63, 3.8) is 0 Å². The summed E-state index contributed by atoms with van der Waals surface area (Å²) in [4.78, 5) is 0. The first kappa shape index (κ1) is 13.9. The third kappa shape index (κ3) is 5.61. The van der Waals surface area contributed by atoms with Gasteiger partial charge >= 0.3 is 0 Å². The lowest BCUT2D eigenvalue weighted by molar-refractivity contribution is 0.138. The zero-order valence-corrected chi connectivity index (χ0v) is 10.3. The fourth-order valence-electron chi connectivity index (χ4n) is 2.02. The Balaban J connectivity index is 3.65. The predicted molar refractivity (Wildman–Crippen MR) is 62.6 cm³/mol. The van der Waals surface area contributed by atoms with Crippen molar-refractivity contribution < 1.29 is 4.74 Å². The molecule has 0 saturated carbocycles. The standard InChI is InChI=1S/C12H27NO/c1-5-11(6-2)12(13-4)9-8-10-14-7-3/h11-13H,5-10H2,1-4H3. The molecule has 86 valence electrons. The quantitative estimate of drug-likeness (QED) is 0.579. The zero-order chi connectivity index (χ0) is 10.8. The van der Waals surface area contributed by atoms with Gasteiger partial charge in [0.25, 0.3) is 0 Å². The van der Waals surface area contributed by atoms with Crippen LogP contribution in [0.25, 0.3) is 0 Å². The molecular weight excluding hydrogens is 174 g/mol. The Hall–Kier alpha value is -0.0800. The Kier molecular flexibility index (Phi) is 9.42. The summed E-state index contributed by atoms with van der Waals surface area (Å²) in [6.07, 6.45) is 4.96. The molecule has 1 N–H and O–H groups in total. The second-order valence-corrected chi connectivity index (χ2v) is 3.81. The molecule has 0 aliphatic carbocycles. The van der Waals surface area contributed by atoms with Gasteiger partial charge in [-0.05, 0) is 32.7 Å². The van der Waals surface area contributed by atoms with E-state index in [-0.39, 0.29) is 0 Å². The maximum atomic E-state index is 5.35. The van der Waals surface area contributed by atoms with E-state index in [0.717, 1.165) is 19.1 Å². The molecule has 14 heavy (non-hydrogen) atoms. The second-order valence-electron chi connectivity index (χ2n) is 3.81. The van der Waals surface area contributed by atoms with Gasteiger partial charge in [-0.1, -0.05) is 26.7 Å². The summed E-state index contributed by atoms with van der Waals surface area (Å²) < 4.78 is 5.35. The molecule has 0 rings (SSSR count). The van der Waals surface area contributed by atoms with Crippen molar-refractivity contribution in [2.75, 3.05) is 20.3 Å². The van der Waals surface area contributed by atoms with Crippen LogP contribution in [-0.4, -0.2) is 26.3 Å². The van der Waals surface area contributed by atoms with Gasteiger partial charge in [0.2, 0.25) is 0 Å². The Morgan fingerprint density at radius 3 is 2.21 bits per heavy atom. The maximum Gasteiger partial charge on any atom is 0.0466 e. The maximum absolute atomic E-state index is 5.35. The molecule has 1 atom stereocenters. The molecule has 0 aliphatic heterocycles. The highest BCUT2D eigenvalue weighted by molar-refractivity contribution is 4.72. The van der Waals surface area contributed by atoms with E-state index in [1.54, 1.807) is 0 Å². The lowest BCUT2D eigenvalue weighted by Gasteiger charge is -2.24. The first-order valence-electron chi connectivity index (χ1n) is 6.05. The molecule has 1 unspecified atom stereocenters. The molecule has 0 aliphatic rings. The van der Waals surface area contributed by atoms with Crippen molar-refractivity contribution >= 4 is 0 Å². The summed E-state index contributed by atoms with van der Waals surface area (Å²) in [5.74, 6) is 0.821. The minimum absolute atomic E-state index is 0.672. The molecular formula is C12H27NO. The van der Waals surface area contributed by atoms with Crippen LogP contribution in [-0.2, 0) is 4.74 Å². The Morgan fingerprint density at radius 2 is 1.79 bits per heavy atom. The summed E-state index contributed by atoms with van der Waals surface area (Å²) in [6.45, 7) is 8.36. The molecule has 2 heteroatoms. The van der Waals surface area contributed by atoms with Gasteiger partial charge in [-0.25, -0.2) is 0 Å². The van der Waals surface area contributed by atoms with Gasteiger partial charge in [-0.3, -0.25) is 0 Å². The van der Waals surface area contributed by atoms with E-state index in [0.29, 0.717) is 6.04 Å². The molecule has 0 heterocycles. The third-order valence-electron chi connectivity index (χ3n) is 3.00. The molecule has 0 saturated heterocycles. The van der Waals surface area contributed by atoms with Crippen molar-refractivity contribution in [2.24, 2.45) is 5.92 Å². The van der Waals surface area contributed by atoms with E-state index in [1.165, 1.54) is 25.7 Å². The lowest BCUT2D eigenvalue weighted by Crippen LogP contribution is -2.33. The molecule has 0 spiro atoms. The van der Waals surface area contributed by atoms with Gasteiger partial charge in [0.15, 0.2) is 0 Å². The average Bonchev–Trinajstić information content (AvgIpc) is 2.23. The summed E-state index contributed by atoms with van der Waals surface area (Å²) in [6, 6.07) is 0.672. The monoisotopic (exact) mass is 201 g/mol. The van der Waals surface area contributed by atoms with E-state index < -0.39 is 0 Å². The number of hydrogen-bond donors (Lipinski definition) is 1. The van der Waals surface area contributed by atoms with Gasteiger partial charge in [0, 0.05) is 19.3 Å². The van der Waals surface area contributed by atoms with Crippen molar-refractivity contribution in [3.05, 3.63) is 0 Å². The fraction of sp³-hybridized carbons (Fsp3) is 1.00. The number of nitrogens with one attached hydrogen (secondary N) is 1. The molecule has 0 aromatic rings. The van der Waals surface area contributed by atoms with Crippen LogP contribution in [0, 0.1) is 5.92 Å². The SMILES string of the molecule is CCOCCCC(NC)C(CC)CC.